The number of ether oxygens (including phenoxy) is 5. The maximum atomic E-state index is 13.9. The van der Waals surface area contributed by atoms with Crippen LogP contribution in [-0.2, 0) is 29.2 Å². The smallest absolute Gasteiger partial charge is 0.493 e. The summed E-state index contributed by atoms with van der Waals surface area (Å²) < 4.78 is 58.0. The summed E-state index contributed by atoms with van der Waals surface area (Å²) >= 11 is 0. The molecule has 0 saturated carbocycles. The van der Waals surface area contributed by atoms with Crippen molar-refractivity contribution in [3.63, 3.8) is 0 Å². The predicted octanol–water partition coefficient (Wildman–Crippen LogP) is 3.93. The standard InChI is InChI=1S/C34H41N11O14S/c1-21(2)23-11-12-28(36-19-23)60(51,52)41-32-29(58-27-10-5-4-9-26(27)53-3)33(38-30(37-32)22-13-14-35-25(18-22)31-39-42-43-40-31)54-16-17-56-34(46)55-15-7-6-8-24(59-45(49)50)20-57-44(47)48/h4-5,9-14,18-19,21,24,47-50H,6-8,15-17,20H2,1-3H3,(H,37,38,41)(H,39,40,42,43). The zero-order valence-corrected chi connectivity index (χ0v) is 33.0. The Morgan fingerprint density at radius 1 is 0.917 bits per heavy atom. The van der Waals surface area contributed by atoms with Gasteiger partial charge in [0.05, 0.1) is 24.5 Å². The minimum Gasteiger partial charge on any atom is -0.493 e. The molecule has 0 aliphatic rings. The largest absolute Gasteiger partial charge is 0.508 e. The molecule has 0 aliphatic heterocycles. The van der Waals surface area contributed by atoms with Crippen LogP contribution in [0.3, 0.4) is 0 Å². The number of benzene rings is 1. The molecule has 5 aromatic rings. The van der Waals surface area contributed by atoms with Gasteiger partial charge in [-0.15, -0.1) is 10.2 Å². The van der Waals surface area contributed by atoms with Crippen molar-refractivity contribution >= 4 is 22.0 Å². The third kappa shape index (κ3) is 13.1. The summed E-state index contributed by atoms with van der Waals surface area (Å²) in [6.45, 7) is 2.62. The summed E-state index contributed by atoms with van der Waals surface area (Å²) in [5, 5.41) is 47.6. The molecule has 0 saturated heterocycles. The van der Waals surface area contributed by atoms with Crippen LogP contribution in [0.15, 0.2) is 66.0 Å². The quantitative estimate of drug-likeness (QED) is 0.0308. The number of nitrogens with zero attached hydrogens (tertiary/aromatic N) is 9. The van der Waals surface area contributed by atoms with Crippen LogP contribution in [0.1, 0.15) is 44.6 Å². The van der Waals surface area contributed by atoms with Gasteiger partial charge >= 0.3 is 6.16 Å². The first-order valence-corrected chi connectivity index (χ1v) is 19.3. The van der Waals surface area contributed by atoms with Crippen molar-refractivity contribution in [3.8, 4) is 46.0 Å². The normalized spacial score (nSPS) is 12.1. The van der Waals surface area contributed by atoms with Crippen molar-refractivity contribution in [2.75, 3.05) is 38.3 Å². The van der Waals surface area contributed by atoms with Gasteiger partial charge in [0.25, 0.3) is 15.9 Å². The first-order chi connectivity index (χ1) is 28.8. The Bertz CT molecular complexity index is 2240. The number of nitrogens with one attached hydrogen (secondary N) is 2. The van der Waals surface area contributed by atoms with Gasteiger partial charge in [0.15, 0.2) is 28.2 Å². The fourth-order valence-electron chi connectivity index (χ4n) is 5.05. The van der Waals surface area contributed by atoms with E-state index in [0.29, 0.717) is 12.0 Å². The molecule has 26 heteroatoms. The maximum absolute atomic E-state index is 13.9. The molecule has 0 radical (unpaired) electrons. The molecular weight excluding hydrogens is 819 g/mol. The van der Waals surface area contributed by atoms with Crippen LogP contribution in [0.2, 0.25) is 0 Å². The number of tetrazole rings is 1. The van der Waals surface area contributed by atoms with Gasteiger partial charge in [0.1, 0.15) is 31.6 Å². The number of anilines is 1. The van der Waals surface area contributed by atoms with Gasteiger partial charge in [-0.1, -0.05) is 32.0 Å². The molecule has 1 unspecified atom stereocenters. The Hall–Kier alpha value is -6.23. The van der Waals surface area contributed by atoms with Crippen LogP contribution in [0.5, 0.6) is 23.1 Å². The summed E-state index contributed by atoms with van der Waals surface area (Å²) in [4.78, 5) is 39.0. The molecule has 4 aromatic heterocycles. The number of hydrogen-bond donors (Lipinski definition) is 6. The highest BCUT2D eigenvalue weighted by Gasteiger charge is 2.27. The molecule has 5 rings (SSSR count). The third-order valence-corrected chi connectivity index (χ3v) is 9.20. The summed E-state index contributed by atoms with van der Waals surface area (Å²) in [5.74, 6) is -0.304. The number of unbranched alkanes of at least 4 members (excludes halogenated alkanes) is 1. The molecular formula is C34H41N11O14S. The van der Waals surface area contributed by atoms with Crippen LogP contribution in [0, 0.1) is 0 Å². The summed E-state index contributed by atoms with van der Waals surface area (Å²) in [6, 6.07) is 12.6. The van der Waals surface area contributed by atoms with Gasteiger partial charge in [-0.3, -0.25) is 30.5 Å². The molecule has 0 amide bonds. The van der Waals surface area contributed by atoms with E-state index in [1.807, 2.05) is 13.8 Å². The molecule has 0 bridgehead atoms. The Kier molecular flexibility index (Phi) is 16.2. The van der Waals surface area contributed by atoms with Crippen molar-refractivity contribution in [3.05, 3.63) is 66.5 Å². The molecule has 60 heavy (non-hydrogen) atoms. The minimum absolute atomic E-state index is 0.0550. The molecule has 0 aliphatic carbocycles. The SMILES string of the molecule is COc1ccccc1Oc1c(NS(=O)(=O)c2ccc(C(C)C)cn2)nc(-c2ccnc(-c3nn[nH]n3)c2)nc1OCCOC(=O)OCCCCC(CON(O)O)ON(O)O. The van der Waals surface area contributed by atoms with Crippen molar-refractivity contribution in [1.82, 2.24) is 51.3 Å². The molecule has 25 nitrogen and oxygen atoms in total. The van der Waals surface area contributed by atoms with Crippen molar-refractivity contribution < 1.29 is 67.4 Å². The lowest BCUT2D eigenvalue weighted by Gasteiger charge is -2.19. The van der Waals surface area contributed by atoms with E-state index in [1.54, 1.807) is 42.5 Å². The number of para-hydroxylation sites is 2. The third-order valence-electron chi connectivity index (χ3n) is 7.94. The fraction of sp³-hybridized carbons (Fsp3) is 0.353. The highest BCUT2D eigenvalue weighted by atomic mass is 32.2. The molecule has 0 fully saturated rings. The lowest BCUT2D eigenvalue weighted by molar-refractivity contribution is -0.527. The maximum Gasteiger partial charge on any atom is 0.508 e. The van der Waals surface area contributed by atoms with Crippen molar-refractivity contribution in [2.24, 2.45) is 0 Å². The number of aromatic amines is 1. The Morgan fingerprint density at radius 3 is 2.38 bits per heavy atom. The highest BCUT2D eigenvalue weighted by molar-refractivity contribution is 7.92. The van der Waals surface area contributed by atoms with Gasteiger partial charge < -0.3 is 23.7 Å². The van der Waals surface area contributed by atoms with E-state index >= 15 is 0 Å². The Morgan fingerprint density at radius 2 is 1.70 bits per heavy atom. The molecule has 6 N–H and O–H groups in total. The second-order valence-electron chi connectivity index (χ2n) is 12.5. The topological polar surface area (TPSA) is 321 Å². The predicted molar refractivity (Wildman–Crippen MR) is 199 cm³/mol. The monoisotopic (exact) mass is 859 g/mol. The molecule has 1 aromatic carbocycles. The molecule has 0 spiro atoms. The second-order valence-corrected chi connectivity index (χ2v) is 14.1. The number of methoxy groups -OCH3 is 1. The van der Waals surface area contributed by atoms with Gasteiger partial charge in [-0.25, -0.2) is 24.4 Å². The minimum atomic E-state index is -4.42. The number of carbonyl (C=O) groups excluding carboxylic acids is 1. The van der Waals surface area contributed by atoms with Gasteiger partial charge in [0, 0.05) is 18.0 Å². The van der Waals surface area contributed by atoms with Gasteiger partial charge in [-0.05, 0) is 66.3 Å². The van der Waals surface area contributed by atoms with E-state index < -0.39 is 39.7 Å². The molecule has 4 heterocycles. The van der Waals surface area contributed by atoms with E-state index in [-0.39, 0.29) is 89.9 Å². The number of rotatable bonds is 23. The summed E-state index contributed by atoms with van der Waals surface area (Å²) in [7, 11) is -3.00. The Labute approximate surface area is 341 Å². The fourth-order valence-corrected chi connectivity index (χ4v) is 5.99. The van der Waals surface area contributed by atoms with E-state index in [9.17, 15) is 13.2 Å². The number of sulfonamides is 1. The van der Waals surface area contributed by atoms with Crippen LogP contribution < -0.4 is 18.9 Å². The van der Waals surface area contributed by atoms with E-state index in [1.165, 1.54) is 25.6 Å². The number of aromatic nitrogens is 8. The summed E-state index contributed by atoms with van der Waals surface area (Å²) in [6.07, 6.45) is 1.58. The Balaban J connectivity index is 1.38. The lowest BCUT2D eigenvalue weighted by Crippen LogP contribution is -2.31. The van der Waals surface area contributed by atoms with Crippen LogP contribution in [0.4, 0.5) is 10.6 Å². The lowest BCUT2D eigenvalue weighted by atomic mass is 10.1. The first kappa shape index (κ1) is 44.9. The van der Waals surface area contributed by atoms with E-state index in [2.05, 4.69) is 55.0 Å². The van der Waals surface area contributed by atoms with Gasteiger partial charge in [-0.2, -0.15) is 18.6 Å². The van der Waals surface area contributed by atoms with Crippen molar-refractivity contribution in [2.45, 2.75) is 50.2 Å². The average molecular weight is 860 g/mol. The second kappa shape index (κ2) is 21.7. The summed E-state index contributed by atoms with van der Waals surface area (Å²) in [5.41, 5.74) is 1.44. The average Bonchev–Trinajstić information content (AvgIpc) is 3.78. The zero-order chi connectivity index (χ0) is 43.1. The number of pyridine rings is 2. The molecule has 322 valence electrons. The van der Waals surface area contributed by atoms with Crippen LogP contribution in [0.25, 0.3) is 22.9 Å². The highest BCUT2D eigenvalue weighted by Crippen LogP contribution is 2.42. The first-order valence-electron chi connectivity index (χ1n) is 17.8. The van der Waals surface area contributed by atoms with E-state index in [4.69, 9.17) is 44.5 Å². The van der Waals surface area contributed by atoms with E-state index in [0.717, 1.165) is 5.56 Å². The van der Waals surface area contributed by atoms with Crippen LogP contribution >= 0.6 is 0 Å². The molecule has 1 atom stereocenters. The van der Waals surface area contributed by atoms with Gasteiger partial charge in [0.2, 0.25) is 11.6 Å². The van der Waals surface area contributed by atoms with Crippen LogP contribution in [-0.4, -0.2) is 126 Å². The number of H-pyrrole nitrogens is 1. The number of hydrogen-bond acceptors (Lipinski definition) is 23. The van der Waals surface area contributed by atoms with Crippen molar-refractivity contribution in [1.29, 1.82) is 0 Å². The number of carbonyl (C=O) groups is 1. The zero-order valence-electron chi connectivity index (χ0n) is 32.2.